The molecule has 0 aliphatic carbocycles. The van der Waals surface area contributed by atoms with E-state index in [-0.39, 0.29) is 75.2 Å². The number of carbonyl (C=O) groups excluding carboxylic acids is 1. The van der Waals surface area contributed by atoms with Crippen LogP contribution in [0.15, 0.2) is 0 Å². The molecule has 0 saturated carbocycles. The average molecular weight is 196 g/mol. The van der Waals surface area contributed by atoms with E-state index in [2.05, 4.69) is 9.47 Å². The maximum Gasteiger partial charge on any atom is 1.00 e. The molecule has 0 spiro atoms. The van der Waals surface area contributed by atoms with E-state index in [1.54, 1.807) is 0 Å². The van der Waals surface area contributed by atoms with E-state index in [0.717, 1.165) is 0 Å². The second-order valence-corrected chi connectivity index (χ2v) is 1.52. The van der Waals surface area contributed by atoms with Gasteiger partial charge in [-0.05, 0) is 0 Å². The van der Waals surface area contributed by atoms with Gasteiger partial charge < -0.3 is 23.8 Å². The van der Waals surface area contributed by atoms with Crippen molar-refractivity contribution in [3.8, 4) is 0 Å². The van der Waals surface area contributed by atoms with Crippen LogP contribution >= 0.6 is 0 Å². The zero-order valence-corrected chi connectivity index (χ0v) is 11.7. The molecule has 64 valence electrons. The Kier molecular flexibility index (Phi) is 23.1. The van der Waals surface area contributed by atoms with Crippen molar-refractivity contribution in [1.82, 2.24) is 0 Å². The molecule has 5 nitrogen and oxygen atoms in total. The van der Waals surface area contributed by atoms with Gasteiger partial charge in [-0.25, -0.2) is 4.79 Å². The van der Waals surface area contributed by atoms with Crippen molar-refractivity contribution in [2.24, 2.45) is 11.5 Å². The minimum Gasteiger partial charge on any atom is -1.00 e. The number of rotatable bonds is 4. The standard InChI is InChI=1S/C5H12N2O3.2Na.2H/c6-1-3-9-5(8)10-4-2-7;;;;/h1-4,6-7H2;;;;/q;2*+1;2*-1. The maximum atomic E-state index is 10.4. The van der Waals surface area contributed by atoms with Crippen LogP contribution in [0.2, 0.25) is 0 Å². The summed E-state index contributed by atoms with van der Waals surface area (Å²) in [5.74, 6) is 0. The third kappa shape index (κ3) is 13.8. The zero-order chi connectivity index (χ0) is 7.82. The molecule has 0 fully saturated rings. The van der Waals surface area contributed by atoms with Crippen molar-refractivity contribution in [2.45, 2.75) is 0 Å². The number of ether oxygens (including phenoxy) is 2. The average Bonchev–Trinajstić information content (AvgIpc) is 1.97. The van der Waals surface area contributed by atoms with Crippen LogP contribution in [0.5, 0.6) is 0 Å². The van der Waals surface area contributed by atoms with Crippen LogP contribution in [0.4, 0.5) is 4.79 Å². The molecule has 12 heavy (non-hydrogen) atoms. The van der Waals surface area contributed by atoms with E-state index in [1.807, 2.05) is 0 Å². The molecular formula is C5H14N2Na2O3. The molecule has 7 heteroatoms. The summed E-state index contributed by atoms with van der Waals surface area (Å²) in [7, 11) is 0. The molecule has 0 unspecified atom stereocenters. The van der Waals surface area contributed by atoms with Crippen molar-refractivity contribution in [2.75, 3.05) is 26.3 Å². The Morgan fingerprint density at radius 3 is 1.67 bits per heavy atom. The van der Waals surface area contributed by atoms with Crippen LogP contribution in [0, 0.1) is 0 Å². The number of carbonyl (C=O) groups is 1. The topological polar surface area (TPSA) is 87.6 Å². The predicted molar refractivity (Wildman–Crippen MR) is 37.6 cm³/mol. The molecule has 4 N–H and O–H groups in total. The second kappa shape index (κ2) is 14.7. The van der Waals surface area contributed by atoms with Crippen molar-refractivity contribution < 1.29 is 76.2 Å². The molecule has 0 aliphatic rings. The van der Waals surface area contributed by atoms with Gasteiger partial charge in [0.05, 0.1) is 0 Å². The summed E-state index contributed by atoms with van der Waals surface area (Å²) in [5.41, 5.74) is 10.1. The predicted octanol–water partition coefficient (Wildman–Crippen LogP) is -6.71. The van der Waals surface area contributed by atoms with Crippen LogP contribution in [0.1, 0.15) is 2.85 Å². The molecule has 0 rings (SSSR count). The first-order valence-corrected chi connectivity index (χ1v) is 3.01. The summed E-state index contributed by atoms with van der Waals surface area (Å²) in [5, 5.41) is 0. The third-order valence-electron chi connectivity index (χ3n) is 0.676. The Bertz CT molecular complexity index is 103. The van der Waals surface area contributed by atoms with Gasteiger partial charge in [0.2, 0.25) is 0 Å². The van der Waals surface area contributed by atoms with Gasteiger partial charge in [-0.15, -0.1) is 0 Å². The van der Waals surface area contributed by atoms with Gasteiger partial charge in [0.15, 0.2) is 0 Å². The van der Waals surface area contributed by atoms with E-state index in [0.29, 0.717) is 13.1 Å². The number of hydrogen-bond donors (Lipinski definition) is 2. The minimum atomic E-state index is -0.712. The van der Waals surface area contributed by atoms with Gasteiger partial charge in [-0.2, -0.15) is 0 Å². The van der Waals surface area contributed by atoms with Crippen LogP contribution in [0.25, 0.3) is 0 Å². The summed E-state index contributed by atoms with van der Waals surface area (Å²) in [6.07, 6.45) is -0.712. The molecular weight excluding hydrogens is 182 g/mol. The van der Waals surface area contributed by atoms with Crippen LogP contribution in [-0.2, 0) is 9.47 Å². The summed E-state index contributed by atoms with van der Waals surface area (Å²) < 4.78 is 8.90. The van der Waals surface area contributed by atoms with E-state index in [4.69, 9.17) is 11.5 Å². The maximum absolute atomic E-state index is 10.4. The molecule has 0 aromatic heterocycles. The van der Waals surface area contributed by atoms with Crippen molar-refractivity contribution in [3.05, 3.63) is 0 Å². The van der Waals surface area contributed by atoms with Crippen molar-refractivity contribution in [1.29, 1.82) is 0 Å². The van der Waals surface area contributed by atoms with Crippen LogP contribution in [0.3, 0.4) is 0 Å². The fourth-order valence-corrected chi connectivity index (χ4v) is 0.326. The molecule has 0 heterocycles. The zero-order valence-electron chi connectivity index (χ0n) is 9.71. The third-order valence-corrected chi connectivity index (χ3v) is 0.676. The second-order valence-electron chi connectivity index (χ2n) is 1.52. The van der Waals surface area contributed by atoms with Gasteiger partial charge in [-0.1, -0.05) is 0 Å². The van der Waals surface area contributed by atoms with Crippen molar-refractivity contribution in [3.63, 3.8) is 0 Å². The summed E-state index contributed by atoms with van der Waals surface area (Å²) >= 11 is 0. The molecule has 0 atom stereocenters. The first-order chi connectivity index (χ1) is 4.81. The first kappa shape index (κ1) is 18.9. The van der Waals surface area contributed by atoms with E-state index in [9.17, 15) is 4.79 Å². The van der Waals surface area contributed by atoms with Gasteiger partial charge in [0.25, 0.3) is 0 Å². The quantitative estimate of drug-likeness (QED) is 0.345. The molecule has 0 aliphatic heterocycles. The smallest absolute Gasteiger partial charge is 1.00 e. The largest absolute Gasteiger partial charge is 1.00 e. The molecule has 0 bridgehead atoms. The molecule has 0 amide bonds. The van der Waals surface area contributed by atoms with Gasteiger partial charge >= 0.3 is 65.3 Å². The first-order valence-electron chi connectivity index (χ1n) is 3.01. The summed E-state index contributed by atoms with van der Waals surface area (Å²) in [4.78, 5) is 10.4. The van der Waals surface area contributed by atoms with Gasteiger partial charge in [0.1, 0.15) is 13.2 Å². The Balaban J connectivity index is -0.0000000675. The van der Waals surface area contributed by atoms with Crippen LogP contribution in [-0.4, -0.2) is 32.5 Å². The monoisotopic (exact) mass is 196 g/mol. The Labute approximate surface area is 119 Å². The Morgan fingerprint density at radius 1 is 1.08 bits per heavy atom. The SMILES string of the molecule is NCCOC(=O)OCCN.[H-].[H-].[Na+].[Na+]. The number of hydrogen-bond acceptors (Lipinski definition) is 5. The number of nitrogens with two attached hydrogens (primary N) is 2. The molecule has 0 saturated heterocycles. The normalized spacial score (nSPS) is 7.50. The summed E-state index contributed by atoms with van der Waals surface area (Å²) in [6, 6.07) is 0. The Morgan fingerprint density at radius 2 is 1.42 bits per heavy atom. The van der Waals surface area contributed by atoms with E-state index in [1.165, 1.54) is 0 Å². The fourth-order valence-electron chi connectivity index (χ4n) is 0.326. The Hall–Kier alpha value is 1.19. The molecule has 0 radical (unpaired) electrons. The van der Waals surface area contributed by atoms with E-state index >= 15 is 0 Å². The van der Waals surface area contributed by atoms with Crippen LogP contribution < -0.4 is 70.6 Å². The molecule has 0 aromatic carbocycles. The minimum absolute atomic E-state index is 0. The van der Waals surface area contributed by atoms with Gasteiger partial charge in [-0.3, -0.25) is 0 Å². The van der Waals surface area contributed by atoms with E-state index < -0.39 is 6.16 Å². The van der Waals surface area contributed by atoms with Crippen molar-refractivity contribution >= 4 is 6.16 Å². The molecule has 0 aromatic rings. The summed E-state index contributed by atoms with van der Waals surface area (Å²) in [6.45, 7) is 0.974. The fraction of sp³-hybridized carbons (Fsp3) is 0.800. The van der Waals surface area contributed by atoms with Gasteiger partial charge in [0, 0.05) is 13.1 Å².